The Hall–Kier alpha value is 0.0900. The average molecular weight is 318 g/mol. The molecule has 0 saturated carbocycles. The van der Waals surface area contributed by atoms with E-state index in [-0.39, 0.29) is 23.4 Å². The summed E-state index contributed by atoms with van der Waals surface area (Å²) in [5.41, 5.74) is 0. The molecule has 0 aliphatic carbocycles. The van der Waals surface area contributed by atoms with Crippen LogP contribution in [0.2, 0.25) is 0 Å². The number of halogens is 1. The van der Waals surface area contributed by atoms with Gasteiger partial charge in [0, 0.05) is 12.8 Å². The summed E-state index contributed by atoms with van der Waals surface area (Å²) in [6.45, 7) is 2.58. The Morgan fingerprint density at radius 3 is 0.750 bits per heavy atom. The van der Waals surface area contributed by atoms with Gasteiger partial charge in [0.25, 0.3) is 0 Å². The van der Waals surface area contributed by atoms with Gasteiger partial charge in [0.05, 0.1) is 83.6 Å². The molecule has 0 amide bonds. The minimum atomic E-state index is 0. The van der Waals surface area contributed by atoms with Gasteiger partial charge in [0.15, 0.2) is 0 Å². The van der Waals surface area contributed by atoms with Crippen molar-refractivity contribution in [2.75, 3.05) is 83.6 Å². The fourth-order valence-electron chi connectivity index (χ4n) is 1.17. The molecule has 0 rings (SSSR count). The van der Waals surface area contributed by atoms with Crippen molar-refractivity contribution in [1.29, 1.82) is 0 Å². The predicted octanol–water partition coefficient (Wildman–Crippen LogP) is -1.85. The van der Waals surface area contributed by atoms with E-state index in [4.69, 9.17) is 0 Å². The first-order valence-corrected chi connectivity index (χ1v) is 6.60. The number of unbranched alkanes of at least 4 members (excludes halogenated alkanes) is 1. The highest BCUT2D eigenvalue weighted by atomic mass is 35.5. The van der Waals surface area contributed by atoms with Crippen molar-refractivity contribution in [3.63, 3.8) is 0 Å². The summed E-state index contributed by atoms with van der Waals surface area (Å²) < 4.78 is 3.19. The molecule has 0 radical (unpaired) electrons. The van der Waals surface area contributed by atoms with Gasteiger partial charge >= 0.3 is 0 Å². The lowest BCUT2D eigenvalue weighted by Crippen LogP contribution is -3.00. The van der Waals surface area contributed by atoms with Crippen molar-refractivity contribution in [2.24, 2.45) is 0 Å². The summed E-state index contributed by atoms with van der Waals surface area (Å²) in [5, 5.41) is 0. The van der Waals surface area contributed by atoms with E-state index in [0.717, 1.165) is 13.4 Å². The predicted molar refractivity (Wildman–Crippen MR) is 82.9 cm³/mol. The summed E-state index contributed by atoms with van der Waals surface area (Å²) in [6, 6.07) is 0. The maximum absolute atomic E-state index is 2.26. The first-order chi connectivity index (χ1) is 7.21. The van der Waals surface area contributed by atoms with Gasteiger partial charge in [-0.1, -0.05) is 0 Å². The average Bonchev–Trinajstić information content (AvgIpc) is 1.91. The SMILES string of the molecule is C[N+](C)(C)C.C[N+](C)(C)CCCC[N+](C)(C)C.[Cl-].[OH-].[OH-]. The number of hydrogen-bond donors (Lipinski definition) is 0. The van der Waals surface area contributed by atoms with E-state index >= 15 is 0 Å². The van der Waals surface area contributed by atoms with Crippen LogP contribution in [0.15, 0.2) is 0 Å². The van der Waals surface area contributed by atoms with Crippen LogP contribution in [0.5, 0.6) is 0 Å². The Kier molecular flexibility index (Phi) is 20.6. The highest BCUT2D eigenvalue weighted by Gasteiger charge is 2.09. The second-order valence-electron chi connectivity index (χ2n) is 8.42. The molecule has 0 aromatic carbocycles. The molecule has 0 aromatic rings. The fourth-order valence-corrected chi connectivity index (χ4v) is 1.17. The molecule has 0 heterocycles. The first kappa shape index (κ1) is 32.2. The Bertz CT molecular complexity index is 172. The van der Waals surface area contributed by atoms with E-state index in [9.17, 15) is 0 Å². The zero-order chi connectivity index (χ0) is 14.3. The van der Waals surface area contributed by atoms with Gasteiger partial charge < -0.3 is 36.8 Å². The number of nitrogens with zero attached hydrogens (tertiary/aromatic N) is 3. The topological polar surface area (TPSA) is 60.0 Å². The van der Waals surface area contributed by atoms with Crippen LogP contribution < -0.4 is 12.4 Å². The van der Waals surface area contributed by atoms with Crippen molar-refractivity contribution in [3.8, 4) is 0 Å². The molecule has 2 N–H and O–H groups in total. The van der Waals surface area contributed by atoms with E-state index < -0.39 is 0 Å². The van der Waals surface area contributed by atoms with Crippen LogP contribution in [0.4, 0.5) is 0 Å². The molecular weight excluding hydrogens is 278 g/mol. The second kappa shape index (κ2) is 12.8. The van der Waals surface area contributed by atoms with E-state index in [0.29, 0.717) is 0 Å². The third kappa shape index (κ3) is 63.9. The van der Waals surface area contributed by atoms with Crippen LogP contribution in [0.3, 0.4) is 0 Å². The van der Waals surface area contributed by atoms with Gasteiger partial charge in [-0.15, -0.1) is 0 Å². The smallest absolute Gasteiger partial charge is 0.0782 e. The molecule has 0 aliphatic rings. The van der Waals surface area contributed by atoms with Gasteiger partial charge in [0.2, 0.25) is 0 Å². The van der Waals surface area contributed by atoms with Crippen molar-refractivity contribution in [1.82, 2.24) is 0 Å². The van der Waals surface area contributed by atoms with E-state index in [2.05, 4.69) is 70.5 Å². The molecule has 6 heteroatoms. The van der Waals surface area contributed by atoms with Gasteiger partial charge in [-0.2, -0.15) is 0 Å². The largest absolute Gasteiger partial charge is 1.00 e. The van der Waals surface area contributed by atoms with E-state index in [1.165, 1.54) is 25.9 Å². The van der Waals surface area contributed by atoms with Gasteiger partial charge in [-0.05, 0) is 0 Å². The molecule has 0 fully saturated rings. The highest BCUT2D eigenvalue weighted by Crippen LogP contribution is 2.00. The monoisotopic (exact) mass is 317 g/mol. The third-order valence-electron chi connectivity index (χ3n) is 1.91. The first-order valence-electron chi connectivity index (χ1n) is 6.60. The normalized spacial score (nSPS) is 11.1. The van der Waals surface area contributed by atoms with Crippen molar-refractivity contribution in [3.05, 3.63) is 0 Å². The summed E-state index contributed by atoms with van der Waals surface area (Å²) >= 11 is 0. The number of quaternary nitrogens is 3. The lowest BCUT2D eigenvalue weighted by molar-refractivity contribution is -0.877. The van der Waals surface area contributed by atoms with Gasteiger partial charge in [0.1, 0.15) is 0 Å². The minimum absolute atomic E-state index is 0. The lowest BCUT2D eigenvalue weighted by Gasteiger charge is -2.26. The molecule has 0 spiro atoms. The van der Waals surface area contributed by atoms with Crippen molar-refractivity contribution in [2.45, 2.75) is 12.8 Å². The molecule has 5 nitrogen and oxygen atoms in total. The summed E-state index contributed by atoms with van der Waals surface area (Å²) in [4.78, 5) is 0. The fraction of sp³-hybridized carbons (Fsp3) is 1.00. The summed E-state index contributed by atoms with van der Waals surface area (Å²) in [5.74, 6) is 0. The molecule has 0 aliphatic heterocycles. The van der Waals surface area contributed by atoms with Crippen LogP contribution in [0, 0.1) is 0 Å². The Morgan fingerprint density at radius 2 is 0.650 bits per heavy atom. The second-order valence-corrected chi connectivity index (χ2v) is 8.42. The zero-order valence-corrected chi connectivity index (χ0v) is 16.2. The van der Waals surface area contributed by atoms with Crippen LogP contribution in [-0.2, 0) is 0 Å². The summed E-state index contributed by atoms with van der Waals surface area (Å²) in [6.07, 6.45) is 2.69. The molecule has 0 atom stereocenters. The molecule has 0 aromatic heterocycles. The van der Waals surface area contributed by atoms with E-state index in [1.807, 2.05) is 0 Å². The minimum Gasteiger partial charge on any atom is -1.00 e. The maximum atomic E-state index is 2.26. The Morgan fingerprint density at radius 1 is 0.500 bits per heavy atom. The standard InChI is InChI=1S/C10H26N2.C4H12N.ClH.2H2O/c1-11(2,3)9-7-8-10-12(4,5)6;1-5(2,3)4;;;/h7-10H2,1-6H3;1-4H3;1H;2*1H2/q+2;+1;;;/p-3. The summed E-state index contributed by atoms with van der Waals surface area (Å²) in [7, 11) is 22.0. The van der Waals surface area contributed by atoms with Crippen LogP contribution in [0.25, 0.3) is 0 Å². The lowest BCUT2D eigenvalue weighted by atomic mass is 10.2. The molecule has 0 unspecified atom stereocenters. The van der Waals surface area contributed by atoms with Crippen LogP contribution >= 0.6 is 0 Å². The molecule has 130 valence electrons. The van der Waals surface area contributed by atoms with Gasteiger partial charge in [-0.3, -0.25) is 0 Å². The van der Waals surface area contributed by atoms with Gasteiger partial charge in [-0.25, -0.2) is 0 Å². The highest BCUT2D eigenvalue weighted by molar-refractivity contribution is 4.37. The number of hydrogen-bond acceptors (Lipinski definition) is 2. The molecular formula is C14H40ClN3O2. The molecule has 20 heavy (non-hydrogen) atoms. The third-order valence-corrected chi connectivity index (χ3v) is 1.91. The number of rotatable bonds is 5. The van der Waals surface area contributed by atoms with Crippen molar-refractivity contribution >= 4 is 0 Å². The van der Waals surface area contributed by atoms with Crippen molar-refractivity contribution < 1.29 is 36.8 Å². The zero-order valence-electron chi connectivity index (χ0n) is 15.4. The van der Waals surface area contributed by atoms with E-state index in [1.54, 1.807) is 0 Å². The molecule has 0 saturated heterocycles. The quantitative estimate of drug-likeness (QED) is 0.441. The Balaban J connectivity index is -0.0000000821. The van der Waals surface area contributed by atoms with Crippen LogP contribution in [-0.4, -0.2) is 108 Å². The molecule has 0 bridgehead atoms. The van der Waals surface area contributed by atoms with Crippen LogP contribution in [0.1, 0.15) is 12.8 Å². The Labute approximate surface area is 134 Å². The maximum Gasteiger partial charge on any atom is 0.0782 e.